The van der Waals surface area contributed by atoms with Gasteiger partial charge in [0.05, 0.1) is 18.6 Å². The Balaban J connectivity index is 1.82. The van der Waals surface area contributed by atoms with Crippen molar-refractivity contribution in [1.82, 2.24) is 14.9 Å². The number of morpholine rings is 1. The maximum absolute atomic E-state index is 12.8. The summed E-state index contributed by atoms with van der Waals surface area (Å²) >= 11 is 1.57. The monoisotopic (exact) mass is 320 g/mol. The number of nitrogens with zero attached hydrogens (tertiary/aromatic N) is 3. The summed E-state index contributed by atoms with van der Waals surface area (Å²) in [6.07, 6.45) is 1.54. The van der Waals surface area contributed by atoms with E-state index in [9.17, 15) is 4.79 Å². The number of fused-ring (bicyclic) bond motifs is 1. The largest absolute Gasteiger partial charge is 0.378 e. The van der Waals surface area contributed by atoms with E-state index in [2.05, 4.69) is 15.3 Å². The first kappa shape index (κ1) is 15.2. The van der Waals surface area contributed by atoms with E-state index in [1.54, 1.807) is 11.3 Å². The summed E-state index contributed by atoms with van der Waals surface area (Å²) in [5.74, 6) is 1.01. The number of hydrogen-bond acceptors (Lipinski definition) is 6. The second-order valence-electron chi connectivity index (χ2n) is 5.67. The fourth-order valence-electron chi connectivity index (χ4n) is 2.55. The Kier molecular flexibility index (Phi) is 4.54. The number of ether oxygens (including phenoxy) is 1. The molecular weight excluding hydrogens is 300 g/mol. The number of amides is 1. The van der Waals surface area contributed by atoms with E-state index >= 15 is 0 Å². The lowest BCUT2D eigenvalue weighted by atomic mass is 10.0. The van der Waals surface area contributed by atoms with E-state index < -0.39 is 0 Å². The van der Waals surface area contributed by atoms with Crippen molar-refractivity contribution in [3.8, 4) is 0 Å². The van der Waals surface area contributed by atoms with Gasteiger partial charge in [-0.3, -0.25) is 4.79 Å². The third-order valence-electron chi connectivity index (χ3n) is 3.81. The summed E-state index contributed by atoms with van der Waals surface area (Å²) in [6, 6.07) is 1.69. The second kappa shape index (κ2) is 6.58. The number of rotatable bonds is 4. The number of aromatic nitrogens is 2. The minimum Gasteiger partial charge on any atom is -0.378 e. The van der Waals surface area contributed by atoms with Crippen molar-refractivity contribution in [3.63, 3.8) is 0 Å². The molecule has 2 aromatic heterocycles. The van der Waals surface area contributed by atoms with Crippen molar-refractivity contribution >= 4 is 33.3 Å². The van der Waals surface area contributed by atoms with Gasteiger partial charge in [0.1, 0.15) is 23.0 Å². The highest BCUT2D eigenvalue weighted by molar-refractivity contribution is 7.16. The van der Waals surface area contributed by atoms with E-state index in [1.165, 1.54) is 6.33 Å². The Bertz CT molecular complexity index is 652. The molecule has 3 heterocycles. The number of thiophene rings is 1. The molecule has 0 spiro atoms. The zero-order valence-corrected chi connectivity index (χ0v) is 13.6. The highest BCUT2D eigenvalue weighted by Gasteiger charge is 2.29. The molecule has 1 saturated heterocycles. The molecule has 6 nitrogen and oxygen atoms in total. The number of carbonyl (C=O) groups excluding carboxylic acids is 1. The molecule has 0 aromatic carbocycles. The fourth-order valence-corrected chi connectivity index (χ4v) is 3.28. The van der Waals surface area contributed by atoms with E-state index in [4.69, 9.17) is 4.74 Å². The number of nitrogens with one attached hydrogen (secondary N) is 1. The second-order valence-corrected chi connectivity index (χ2v) is 6.56. The van der Waals surface area contributed by atoms with Gasteiger partial charge >= 0.3 is 0 Å². The van der Waals surface area contributed by atoms with Gasteiger partial charge in [-0.15, -0.1) is 11.3 Å². The summed E-state index contributed by atoms with van der Waals surface area (Å²) in [6.45, 7) is 6.62. The van der Waals surface area contributed by atoms with E-state index in [0.29, 0.717) is 26.3 Å². The minimum atomic E-state index is -0.295. The molecule has 2 aromatic rings. The maximum Gasteiger partial charge on any atom is 0.245 e. The maximum atomic E-state index is 12.8. The van der Waals surface area contributed by atoms with Crippen LogP contribution in [0.1, 0.15) is 13.8 Å². The number of carbonyl (C=O) groups is 1. The minimum absolute atomic E-state index is 0.111. The van der Waals surface area contributed by atoms with Crippen LogP contribution in [0.5, 0.6) is 0 Å². The number of hydrogen-bond donors (Lipinski definition) is 1. The average molecular weight is 320 g/mol. The van der Waals surface area contributed by atoms with Crippen molar-refractivity contribution in [2.75, 3.05) is 31.6 Å². The smallest absolute Gasteiger partial charge is 0.245 e. The quantitative estimate of drug-likeness (QED) is 0.933. The molecule has 22 heavy (non-hydrogen) atoms. The van der Waals surface area contributed by atoms with Crippen LogP contribution in [-0.4, -0.2) is 53.1 Å². The lowest BCUT2D eigenvalue weighted by molar-refractivity contribution is -0.137. The molecule has 1 aliphatic rings. The normalized spacial score (nSPS) is 17.0. The van der Waals surface area contributed by atoms with Gasteiger partial charge in [-0.2, -0.15) is 0 Å². The van der Waals surface area contributed by atoms with Gasteiger partial charge in [-0.25, -0.2) is 9.97 Å². The Hall–Kier alpha value is -1.73. The predicted octanol–water partition coefficient (Wildman–Crippen LogP) is 1.99. The van der Waals surface area contributed by atoms with Crippen LogP contribution in [-0.2, 0) is 9.53 Å². The van der Waals surface area contributed by atoms with Crippen LogP contribution in [0.2, 0.25) is 0 Å². The average Bonchev–Trinajstić information content (AvgIpc) is 3.02. The molecule has 1 fully saturated rings. The zero-order chi connectivity index (χ0) is 15.5. The zero-order valence-electron chi connectivity index (χ0n) is 12.8. The highest BCUT2D eigenvalue weighted by Crippen LogP contribution is 2.25. The first-order valence-electron chi connectivity index (χ1n) is 7.48. The van der Waals surface area contributed by atoms with Crippen molar-refractivity contribution in [1.29, 1.82) is 0 Å². The van der Waals surface area contributed by atoms with Crippen LogP contribution >= 0.6 is 11.3 Å². The van der Waals surface area contributed by atoms with Crippen LogP contribution in [0, 0.1) is 5.92 Å². The van der Waals surface area contributed by atoms with Crippen LogP contribution < -0.4 is 5.32 Å². The summed E-state index contributed by atoms with van der Waals surface area (Å²) in [5.41, 5.74) is 0. The molecular formula is C15H20N4O2S. The highest BCUT2D eigenvalue weighted by atomic mass is 32.1. The van der Waals surface area contributed by atoms with Gasteiger partial charge in [-0.05, 0) is 17.4 Å². The van der Waals surface area contributed by atoms with Gasteiger partial charge in [0.15, 0.2) is 0 Å². The third-order valence-corrected chi connectivity index (χ3v) is 4.63. The van der Waals surface area contributed by atoms with Crippen LogP contribution in [0.3, 0.4) is 0 Å². The molecule has 1 atom stereocenters. The Labute approximate surface area is 133 Å². The van der Waals surface area contributed by atoms with Gasteiger partial charge in [0.2, 0.25) is 5.91 Å². The topological polar surface area (TPSA) is 67.4 Å². The Morgan fingerprint density at radius 3 is 2.86 bits per heavy atom. The molecule has 1 unspecified atom stereocenters. The lowest BCUT2D eigenvalue weighted by Crippen LogP contribution is -2.49. The van der Waals surface area contributed by atoms with Gasteiger partial charge in [-0.1, -0.05) is 13.8 Å². The summed E-state index contributed by atoms with van der Waals surface area (Å²) in [7, 11) is 0. The molecule has 0 bridgehead atoms. The summed E-state index contributed by atoms with van der Waals surface area (Å²) in [5, 5.41) is 6.28. The van der Waals surface area contributed by atoms with Crippen LogP contribution in [0.4, 0.5) is 5.82 Å². The SMILES string of the molecule is CC(C)C(Nc1ncnc2sccc12)C(=O)N1CCOCC1. The summed E-state index contributed by atoms with van der Waals surface area (Å²) < 4.78 is 5.32. The Morgan fingerprint density at radius 2 is 2.14 bits per heavy atom. The lowest BCUT2D eigenvalue weighted by Gasteiger charge is -2.32. The fraction of sp³-hybridized carbons (Fsp3) is 0.533. The molecule has 3 rings (SSSR count). The number of anilines is 1. The van der Waals surface area contributed by atoms with E-state index in [1.807, 2.05) is 30.2 Å². The first-order chi connectivity index (χ1) is 10.7. The Morgan fingerprint density at radius 1 is 1.36 bits per heavy atom. The van der Waals surface area contributed by atoms with Crippen LogP contribution in [0.15, 0.2) is 17.8 Å². The van der Waals surface area contributed by atoms with Crippen molar-refractivity contribution in [3.05, 3.63) is 17.8 Å². The predicted molar refractivity (Wildman–Crippen MR) is 87.1 cm³/mol. The molecule has 0 aliphatic carbocycles. The molecule has 0 saturated carbocycles. The van der Waals surface area contributed by atoms with Crippen LogP contribution in [0.25, 0.3) is 10.2 Å². The van der Waals surface area contributed by atoms with E-state index in [-0.39, 0.29) is 17.9 Å². The standard InChI is InChI=1S/C15H20N4O2S/c1-10(2)12(15(20)19-4-6-21-7-5-19)18-13-11-3-8-22-14(11)17-9-16-13/h3,8-10,12H,4-7H2,1-2H3,(H,16,17,18). The van der Waals surface area contributed by atoms with Crippen molar-refractivity contribution in [2.45, 2.75) is 19.9 Å². The van der Waals surface area contributed by atoms with Crippen molar-refractivity contribution in [2.24, 2.45) is 5.92 Å². The molecule has 1 N–H and O–H groups in total. The first-order valence-corrected chi connectivity index (χ1v) is 8.36. The third kappa shape index (κ3) is 3.05. The molecule has 118 valence electrons. The van der Waals surface area contributed by atoms with Gasteiger partial charge in [0.25, 0.3) is 0 Å². The molecule has 1 amide bonds. The van der Waals surface area contributed by atoms with Crippen molar-refractivity contribution < 1.29 is 9.53 Å². The van der Waals surface area contributed by atoms with Gasteiger partial charge < -0.3 is 15.0 Å². The molecule has 0 radical (unpaired) electrons. The van der Waals surface area contributed by atoms with E-state index in [0.717, 1.165) is 16.0 Å². The molecule has 7 heteroatoms. The summed E-state index contributed by atoms with van der Waals surface area (Å²) in [4.78, 5) is 24.1. The molecule has 1 aliphatic heterocycles. The van der Waals surface area contributed by atoms with Gasteiger partial charge in [0, 0.05) is 13.1 Å².